The zero-order chi connectivity index (χ0) is 15.6. The van der Waals surface area contributed by atoms with Crippen LogP contribution in [0.25, 0.3) is 0 Å². The Bertz CT molecular complexity index is 587. The molecule has 0 radical (unpaired) electrons. The number of carbonyl (C=O) groups is 1. The highest BCUT2D eigenvalue weighted by atomic mass is 35.5. The molecule has 0 aromatic heterocycles. The number of benzene rings is 1. The van der Waals surface area contributed by atoms with Crippen molar-refractivity contribution in [1.82, 2.24) is 0 Å². The van der Waals surface area contributed by atoms with E-state index in [0.29, 0.717) is 0 Å². The number of hydrogen-bond acceptors (Lipinski definition) is 5. The van der Waals surface area contributed by atoms with Gasteiger partial charge in [0.1, 0.15) is 11.2 Å². The van der Waals surface area contributed by atoms with Crippen molar-refractivity contribution in [1.29, 1.82) is 0 Å². The molecule has 0 unspecified atom stereocenters. The van der Waals surface area contributed by atoms with Crippen LogP contribution in [0.3, 0.4) is 0 Å². The molecule has 21 heavy (non-hydrogen) atoms. The maximum absolute atomic E-state index is 11.6. The number of aliphatic carboxylic acids is 1. The number of rotatable bonds is 4. The lowest BCUT2D eigenvalue weighted by atomic mass is 9.89. The topological polar surface area (TPSA) is 102 Å². The van der Waals surface area contributed by atoms with E-state index in [-0.39, 0.29) is 47.5 Å². The van der Waals surface area contributed by atoms with Crippen molar-refractivity contribution in [3.63, 3.8) is 0 Å². The van der Waals surface area contributed by atoms with Gasteiger partial charge in [-0.1, -0.05) is 23.2 Å². The Kier molecular flexibility index (Phi) is 4.55. The van der Waals surface area contributed by atoms with E-state index < -0.39 is 16.4 Å². The van der Waals surface area contributed by atoms with Gasteiger partial charge in [0.15, 0.2) is 0 Å². The second kappa shape index (κ2) is 6.05. The minimum Gasteiger partial charge on any atom is -0.480 e. The minimum atomic E-state index is -1.32. The zero-order valence-corrected chi connectivity index (χ0v) is 12.3. The summed E-state index contributed by atoms with van der Waals surface area (Å²) in [5.41, 5.74) is -1.62. The van der Waals surface area contributed by atoms with Crippen LogP contribution in [0.4, 0.5) is 11.4 Å². The van der Waals surface area contributed by atoms with Crippen molar-refractivity contribution in [2.24, 2.45) is 0 Å². The van der Waals surface area contributed by atoms with Crippen molar-refractivity contribution in [3.8, 4) is 0 Å². The Morgan fingerprint density at radius 2 is 1.90 bits per heavy atom. The van der Waals surface area contributed by atoms with Crippen LogP contribution in [0.2, 0.25) is 10.0 Å². The summed E-state index contributed by atoms with van der Waals surface area (Å²) in [5, 5.41) is 23.4. The molecule has 7 nitrogen and oxygen atoms in total. The summed E-state index contributed by atoms with van der Waals surface area (Å²) < 4.78 is 5.15. The maximum Gasteiger partial charge on any atom is 0.329 e. The first-order valence-electron chi connectivity index (χ1n) is 6.08. The number of ether oxygens (including phenoxy) is 1. The number of carboxylic acids is 1. The number of carboxylic acid groups (broad SMARTS) is 1. The van der Waals surface area contributed by atoms with Crippen LogP contribution in [-0.2, 0) is 9.53 Å². The fourth-order valence-electron chi connectivity index (χ4n) is 2.16. The molecule has 0 bridgehead atoms. The summed E-state index contributed by atoms with van der Waals surface area (Å²) >= 11 is 11.6. The molecule has 0 spiro atoms. The summed E-state index contributed by atoms with van der Waals surface area (Å²) in [6.45, 7) is 0.517. The third kappa shape index (κ3) is 3.20. The lowest BCUT2D eigenvalue weighted by molar-refractivity contribution is -0.384. The van der Waals surface area contributed by atoms with Gasteiger partial charge in [0, 0.05) is 32.1 Å². The number of nitro benzene ring substituents is 1. The molecular formula is C12H12Cl2N2O5. The van der Waals surface area contributed by atoms with Crippen LogP contribution in [0.15, 0.2) is 12.1 Å². The Labute approximate surface area is 129 Å². The summed E-state index contributed by atoms with van der Waals surface area (Å²) in [5.74, 6) is -1.09. The lowest BCUT2D eigenvalue weighted by Gasteiger charge is -2.34. The monoisotopic (exact) mass is 334 g/mol. The molecule has 0 aliphatic carbocycles. The van der Waals surface area contributed by atoms with Gasteiger partial charge < -0.3 is 15.2 Å². The molecule has 0 atom stereocenters. The average molecular weight is 335 g/mol. The van der Waals surface area contributed by atoms with Gasteiger partial charge in [0.25, 0.3) is 5.69 Å². The molecule has 0 amide bonds. The Morgan fingerprint density at radius 1 is 1.33 bits per heavy atom. The number of nitrogens with zero attached hydrogens (tertiary/aromatic N) is 1. The van der Waals surface area contributed by atoms with Crippen LogP contribution in [0, 0.1) is 10.1 Å². The van der Waals surface area contributed by atoms with Gasteiger partial charge in [0.05, 0.1) is 15.0 Å². The third-order valence-electron chi connectivity index (χ3n) is 3.36. The summed E-state index contributed by atoms with van der Waals surface area (Å²) in [7, 11) is 0. The summed E-state index contributed by atoms with van der Waals surface area (Å²) in [6.07, 6.45) is 0.388. The fraction of sp³-hybridized carbons (Fsp3) is 0.417. The molecule has 2 rings (SSSR count). The van der Waals surface area contributed by atoms with Crippen LogP contribution in [0.5, 0.6) is 0 Å². The van der Waals surface area contributed by atoms with Gasteiger partial charge >= 0.3 is 5.97 Å². The fourth-order valence-corrected chi connectivity index (χ4v) is 2.48. The van der Waals surface area contributed by atoms with E-state index in [4.69, 9.17) is 27.9 Å². The average Bonchev–Trinajstić information content (AvgIpc) is 2.43. The highest BCUT2D eigenvalue weighted by molar-refractivity contribution is 6.42. The van der Waals surface area contributed by atoms with E-state index in [2.05, 4.69) is 5.32 Å². The molecule has 1 heterocycles. The smallest absolute Gasteiger partial charge is 0.329 e. The molecule has 1 aliphatic rings. The molecule has 1 aliphatic heterocycles. The first-order chi connectivity index (χ1) is 9.85. The van der Waals surface area contributed by atoms with Crippen molar-refractivity contribution < 1.29 is 19.6 Å². The van der Waals surface area contributed by atoms with Gasteiger partial charge in [-0.2, -0.15) is 0 Å². The van der Waals surface area contributed by atoms with E-state index >= 15 is 0 Å². The summed E-state index contributed by atoms with van der Waals surface area (Å²) in [6, 6.07) is 2.36. The molecular weight excluding hydrogens is 323 g/mol. The third-order valence-corrected chi connectivity index (χ3v) is 4.09. The van der Waals surface area contributed by atoms with E-state index in [0.717, 1.165) is 6.07 Å². The van der Waals surface area contributed by atoms with Crippen molar-refractivity contribution >= 4 is 40.5 Å². The molecule has 0 saturated carbocycles. The molecule has 9 heteroatoms. The highest BCUT2D eigenvalue weighted by Crippen LogP contribution is 2.37. The Balaban J connectivity index is 2.43. The summed E-state index contributed by atoms with van der Waals surface area (Å²) in [4.78, 5) is 22.0. The first-order valence-corrected chi connectivity index (χ1v) is 6.84. The van der Waals surface area contributed by atoms with Crippen LogP contribution < -0.4 is 5.32 Å². The zero-order valence-electron chi connectivity index (χ0n) is 10.8. The molecule has 2 N–H and O–H groups in total. The van der Waals surface area contributed by atoms with E-state index in [9.17, 15) is 20.0 Å². The van der Waals surface area contributed by atoms with Gasteiger partial charge in [-0.25, -0.2) is 4.79 Å². The van der Waals surface area contributed by atoms with Gasteiger partial charge in [0.2, 0.25) is 0 Å². The van der Waals surface area contributed by atoms with Crippen molar-refractivity contribution in [2.45, 2.75) is 18.4 Å². The van der Waals surface area contributed by atoms with E-state index in [1.54, 1.807) is 0 Å². The molecule has 114 valence electrons. The highest BCUT2D eigenvalue weighted by Gasteiger charge is 2.41. The predicted molar refractivity (Wildman–Crippen MR) is 77.2 cm³/mol. The SMILES string of the molecule is O=C(O)C1(Nc2cc(Cl)c(Cl)cc2[N+](=O)[O-])CCOCC1. The molecule has 1 aromatic rings. The number of halogens is 2. The van der Waals surface area contributed by atoms with Gasteiger partial charge in [-0.15, -0.1) is 0 Å². The predicted octanol–water partition coefficient (Wildman–Crippen LogP) is 2.95. The number of nitrogens with one attached hydrogen (secondary N) is 1. The molecule has 1 aromatic carbocycles. The van der Waals surface area contributed by atoms with E-state index in [1.807, 2.05) is 0 Å². The number of nitro groups is 1. The normalized spacial score (nSPS) is 17.2. The maximum atomic E-state index is 11.6. The van der Waals surface area contributed by atoms with Crippen LogP contribution >= 0.6 is 23.2 Å². The van der Waals surface area contributed by atoms with Gasteiger partial charge in [-0.05, 0) is 6.07 Å². The number of anilines is 1. The molecule has 1 fully saturated rings. The number of hydrogen-bond donors (Lipinski definition) is 2. The Morgan fingerprint density at radius 3 is 2.43 bits per heavy atom. The quantitative estimate of drug-likeness (QED) is 0.648. The minimum absolute atomic E-state index is 0.0266. The Hall–Kier alpha value is -1.57. The van der Waals surface area contributed by atoms with E-state index in [1.165, 1.54) is 6.07 Å². The largest absolute Gasteiger partial charge is 0.480 e. The van der Waals surface area contributed by atoms with Crippen molar-refractivity contribution in [3.05, 3.63) is 32.3 Å². The second-order valence-corrected chi connectivity index (χ2v) is 5.48. The first kappa shape index (κ1) is 15.8. The van der Waals surface area contributed by atoms with Crippen molar-refractivity contribution in [2.75, 3.05) is 18.5 Å². The van der Waals surface area contributed by atoms with Crippen LogP contribution in [0.1, 0.15) is 12.8 Å². The second-order valence-electron chi connectivity index (χ2n) is 4.67. The van der Waals surface area contributed by atoms with Crippen LogP contribution in [-0.4, -0.2) is 34.8 Å². The van der Waals surface area contributed by atoms with Gasteiger partial charge in [-0.3, -0.25) is 10.1 Å². The molecule has 1 saturated heterocycles. The standard InChI is InChI=1S/C12H12Cl2N2O5/c13-7-5-9(10(16(19)20)6-8(7)14)15-12(11(17)18)1-3-21-4-2-12/h5-6,15H,1-4H2,(H,17,18). The lowest BCUT2D eigenvalue weighted by Crippen LogP contribution is -2.50.